The maximum absolute atomic E-state index is 12.1. The van der Waals surface area contributed by atoms with E-state index in [0.717, 1.165) is 5.56 Å². The third-order valence-electron chi connectivity index (χ3n) is 3.37. The zero-order valence-corrected chi connectivity index (χ0v) is 14.1. The Morgan fingerprint density at radius 1 is 1.22 bits per heavy atom. The van der Waals surface area contributed by atoms with Gasteiger partial charge >= 0.3 is 0 Å². The van der Waals surface area contributed by atoms with Gasteiger partial charge in [0.1, 0.15) is 0 Å². The van der Waals surface area contributed by atoms with Gasteiger partial charge in [-0.3, -0.25) is 4.79 Å². The molecule has 0 unspecified atom stereocenters. The van der Waals surface area contributed by atoms with Crippen LogP contribution in [0.15, 0.2) is 52.1 Å². The van der Waals surface area contributed by atoms with E-state index in [0.29, 0.717) is 13.0 Å². The van der Waals surface area contributed by atoms with E-state index in [-0.39, 0.29) is 23.0 Å². The third-order valence-corrected chi connectivity index (χ3v) is 5.80. The van der Waals surface area contributed by atoms with Crippen molar-refractivity contribution < 1.29 is 18.3 Å². The van der Waals surface area contributed by atoms with Crippen LogP contribution in [-0.4, -0.2) is 31.7 Å². The topological polar surface area (TPSA) is 83.5 Å². The number of amides is 1. The Morgan fingerprint density at radius 2 is 1.96 bits per heavy atom. The van der Waals surface area contributed by atoms with Gasteiger partial charge in [-0.25, -0.2) is 8.42 Å². The van der Waals surface area contributed by atoms with E-state index in [4.69, 9.17) is 0 Å². The molecule has 1 amide bonds. The van der Waals surface area contributed by atoms with Gasteiger partial charge in [-0.05, 0) is 40.9 Å². The first-order valence-electron chi connectivity index (χ1n) is 7.24. The van der Waals surface area contributed by atoms with Crippen molar-refractivity contribution in [2.45, 2.75) is 23.8 Å². The van der Waals surface area contributed by atoms with Crippen LogP contribution in [0, 0.1) is 0 Å². The van der Waals surface area contributed by atoms with Crippen molar-refractivity contribution in [3.63, 3.8) is 0 Å². The molecule has 1 atom stereocenters. The van der Waals surface area contributed by atoms with E-state index in [9.17, 15) is 18.3 Å². The fraction of sp³-hybridized carbons (Fsp3) is 0.312. The monoisotopic (exact) mass is 353 g/mol. The minimum Gasteiger partial charge on any atom is -0.388 e. The van der Waals surface area contributed by atoms with Crippen molar-refractivity contribution in [3.8, 4) is 0 Å². The molecule has 0 radical (unpaired) electrons. The summed E-state index contributed by atoms with van der Waals surface area (Å²) in [6.07, 6.45) is -0.311. The molecule has 0 saturated heterocycles. The second-order valence-corrected chi connectivity index (χ2v) is 7.98. The lowest BCUT2D eigenvalue weighted by molar-refractivity contribution is -0.120. The summed E-state index contributed by atoms with van der Waals surface area (Å²) in [4.78, 5) is 12.0. The Hall–Kier alpha value is -1.70. The Labute approximate surface area is 139 Å². The van der Waals surface area contributed by atoms with Crippen LogP contribution in [0.2, 0.25) is 0 Å². The summed E-state index contributed by atoms with van der Waals surface area (Å²) in [5.41, 5.74) is 0.830. The van der Waals surface area contributed by atoms with Gasteiger partial charge in [-0.15, -0.1) is 0 Å². The number of hydrogen-bond donors (Lipinski definition) is 2. The number of thiophene rings is 1. The second-order valence-electron chi connectivity index (χ2n) is 5.09. The molecular formula is C16H19NO4S2. The molecule has 7 heteroatoms. The summed E-state index contributed by atoms with van der Waals surface area (Å²) in [6, 6.07) is 9.92. The summed E-state index contributed by atoms with van der Waals surface area (Å²) >= 11 is 1.50. The molecule has 5 nitrogen and oxygen atoms in total. The summed E-state index contributed by atoms with van der Waals surface area (Å²) in [5, 5.41) is 16.3. The minimum absolute atomic E-state index is 0.0915. The van der Waals surface area contributed by atoms with Gasteiger partial charge in [0, 0.05) is 13.0 Å². The molecule has 0 aliphatic rings. The molecule has 0 spiro atoms. The normalized spacial score (nSPS) is 12.7. The second kappa shape index (κ2) is 8.24. The smallest absolute Gasteiger partial charge is 0.221 e. The van der Waals surface area contributed by atoms with Crippen molar-refractivity contribution >= 4 is 27.1 Å². The molecule has 23 heavy (non-hydrogen) atoms. The number of sulfone groups is 1. The highest BCUT2D eigenvalue weighted by molar-refractivity contribution is 7.91. The van der Waals surface area contributed by atoms with Gasteiger partial charge in [-0.1, -0.05) is 18.2 Å². The number of aliphatic hydroxyl groups is 1. The maximum atomic E-state index is 12.1. The van der Waals surface area contributed by atoms with E-state index in [1.54, 1.807) is 18.2 Å². The van der Waals surface area contributed by atoms with Crippen LogP contribution in [0.3, 0.4) is 0 Å². The Morgan fingerprint density at radius 3 is 2.61 bits per heavy atom. The lowest BCUT2D eigenvalue weighted by Crippen LogP contribution is -2.27. The molecule has 2 aromatic rings. The van der Waals surface area contributed by atoms with Crippen molar-refractivity contribution in [2.24, 2.45) is 0 Å². The molecule has 0 fully saturated rings. The fourth-order valence-electron chi connectivity index (χ4n) is 2.04. The summed E-state index contributed by atoms with van der Waals surface area (Å²) in [7, 11) is -3.44. The van der Waals surface area contributed by atoms with Gasteiger partial charge in [0.2, 0.25) is 5.91 Å². The molecule has 0 aliphatic heterocycles. The Kier molecular flexibility index (Phi) is 6.32. The van der Waals surface area contributed by atoms with Gasteiger partial charge in [-0.2, -0.15) is 11.3 Å². The van der Waals surface area contributed by atoms with E-state index in [1.807, 2.05) is 16.8 Å². The van der Waals surface area contributed by atoms with E-state index in [2.05, 4.69) is 5.32 Å². The van der Waals surface area contributed by atoms with Crippen LogP contribution in [0.1, 0.15) is 24.5 Å². The third kappa shape index (κ3) is 5.46. The average Bonchev–Trinajstić information content (AvgIpc) is 3.08. The fourth-order valence-corrected chi connectivity index (χ4v) is 4.01. The first kappa shape index (κ1) is 17.7. The van der Waals surface area contributed by atoms with E-state index in [1.165, 1.54) is 23.5 Å². The largest absolute Gasteiger partial charge is 0.388 e. The first-order valence-corrected chi connectivity index (χ1v) is 9.83. The van der Waals surface area contributed by atoms with Crippen molar-refractivity contribution in [2.75, 3.05) is 12.3 Å². The van der Waals surface area contributed by atoms with Crippen molar-refractivity contribution in [1.82, 2.24) is 5.32 Å². The first-order chi connectivity index (χ1) is 11.0. The standard InChI is InChI=1S/C16H19NO4S2/c18-15(13-7-10-22-12-13)6-9-17-16(19)8-11-23(20,21)14-4-2-1-3-5-14/h1-5,7,10,12,15,18H,6,8-9,11H2,(H,17,19)/t15-/m0/s1. The predicted octanol–water partition coefficient (Wildman–Crippen LogP) is 2.15. The molecule has 2 N–H and O–H groups in total. The average molecular weight is 353 g/mol. The summed E-state index contributed by atoms with van der Waals surface area (Å²) in [6.45, 7) is 0.307. The van der Waals surface area contributed by atoms with E-state index < -0.39 is 15.9 Å². The molecule has 1 heterocycles. The van der Waals surface area contributed by atoms with Gasteiger partial charge in [0.25, 0.3) is 0 Å². The van der Waals surface area contributed by atoms with Crippen LogP contribution in [-0.2, 0) is 14.6 Å². The maximum Gasteiger partial charge on any atom is 0.221 e. The molecule has 0 aliphatic carbocycles. The van der Waals surface area contributed by atoms with Gasteiger partial charge < -0.3 is 10.4 Å². The Bertz CT molecular complexity index is 712. The number of carbonyl (C=O) groups is 1. The molecule has 124 valence electrons. The number of rotatable bonds is 8. The zero-order valence-electron chi connectivity index (χ0n) is 12.5. The highest BCUT2D eigenvalue weighted by Crippen LogP contribution is 2.18. The zero-order chi connectivity index (χ0) is 16.7. The van der Waals surface area contributed by atoms with Crippen LogP contribution >= 0.6 is 11.3 Å². The van der Waals surface area contributed by atoms with Crippen LogP contribution in [0.4, 0.5) is 0 Å². The van der Waals surface area contributed by atoms with Gasteiger partial charge in [0.05, 0.1) is 16.8 Å². The highest BCUT2D eigenvalue weighted by Gasteiger charge is 2.16. The van der Waals surface area contributed by atoms with Crippen LogP contribution < -0.4 is 5.32 Å². The number of hydrogen-bond acceptors (Lipinski definition) is 5. The van der Waals surface area contributed by atoms with E-state index >= 15 is 0 Å². The Balaban J connectivity index is 1.73. The van der Waals surface area contributed by atoms with Crippen molar-refractivity contribution in [1.29, 1.82) is 0 Å². The molecule has 0 bridgehead atoms. The SMILES string of the molecule is O=C(CCS(=O)(=O)c1ccccc1)NCC[C@H](O)c1ccsc1. The molecule has 0 saturated carbocycles. The van der Waals surface area contributed by atoms with Crippen LogP contribution in [0.25, 0.3) is 0 Å². The number of carbonyl (C=O) groups excluding carboxylic acids is 1. The lowest BCUT2D eigenvalue weighted by Gasteiger charge is -2.10. The lowest BCUT2D eigenvalue weighted by atomic mass is 10.1. The number of aliphatic hydroxyl groups excluding tert-OH is 1. The molecular weight excluding hydrogens is 334 g/mol. The highest BCUT2D eigenvalue weighted by atomic mass is 32.2. The molecule has 2 rings (SSSR count). The van der Waals surface area contributed by atoms with Crippen LogP contribution in [0.5, 0.6) is 0 Å². The van der Waals surface area contributed by atoms with Gasteiger partial charge in [0.15, 0.2) is 9.84 Å². The summed E-state index contributed by atoms with van der Waals surface area (Å²) in [5.74, 6) is -0.558. The predicted molar refractivity (Wildman–Crippen MR) is 90.0 cm³/mol. The van der Waals surface area contributed by atoms with Crippen molar-refractivity contribution in [3.05, 3.63) is 52.7 Å². The number of nitrogens with one attached hydrogen (secondary N) is 1. The molecule has 1 aromatic heterocycles. The summed E-state index contributed by atoms with van der Waals surface area (Å²) < 4.78 is 24.1. The number of benzene rings is 1. The quantitative estimate of drug-likeness (QED) is 0.762. The molecule has 1 aromatic carbocycles. The minimum atomic E-state index is -3.44.